The molecule has 9 aromatic rings. The summed E-state index contributed by atoms with van der Waals surface area (Å²) in [5.74, 6) is 0.182. The fourth-order valence-electron chi connectivity index (χ4n) is 5.76. The van der Waals surface area contributed by atoms with Crippen LogP contribution in [0.1, 0.15) is 13.7 Å². The first-order valence-electron chi connectivity index (χ1n) is 18.8. The molecule has 5 heteroatoms. The molecule has 206 valence electrons. The third-order valence-electron chi connectivity index (χ3n) is 7.65. The molecule has 3 aromatic heterocycles. The molecule has 44 heavy (non-hydrogen) atoms. The molecule has 3 heterocycles. The molecule has 0 aliphatic heterocycles. The Morgan fingerprint density at radius 2 is 1.18 bits per heavy atom. The molecule has 6 aromatic carbocycles. The van der Waals surface area contributed by atoms with Crippen LogP contribution >= 0.6 is 0 Å². The van der Waals surface area contributed by atoms with Gasteiger partial charge in [0.15, 0.2) is 11.6 Å². The van der Waals surface area contributed by atoms with Gasteiger partial charge in [-0.25, -0.2) is 4.98 Å². The van der Waals surface area contributed by atoms with Gasteiger partial charge in [0.2, 0.25) is 5.95 Å². The molecule has 0 bridgehead atoms. The second kappa shape index (κ2) is 9.75. The molecular formula is C39H24N4O. The monoisotopic (exact) mass is 574 g/mol. The van der Waals surface area contributed by atoms with Crippen LogP contribution in [-0.4, -0.2) is 19.5 Å². The number of hydrogen-bond acceptors (Lipinski definition) is 4. The minimum atomic E-state index is -0.539. The minimum absolute atomic E-state index is 0.0418. The highest BCUT2D eigenvalue weighted by molar-refractivity contribution is 6.12. The van der Waals surface area contributed by atoms with Crippen LogP contribution in [0.3, 0.4) is 0 Å². The molecule has 0 atom stereocenters. The van der Waals surface area contributed by atoms with E-state index in [1.54, 1.807) is 36.4 Å². The summed E-state index contributed by atoms with van der Waals surface area (Å²) in [6, 6.07) is 21.3. The van der Waals surface area contributed by atoms with Crippen LogP contribution in [0.25, 0.3) is 83.6 Å². The predicted octanol–water partition coefficient (Wildman–Crippen LogP) is 9.87. The van der Waals surface area contributed by atoms with E-state index in [0.29, 0.717) is 33.1 Å². The summed E-state index contributed by atoms with van der Waals surface area (Å²) in [6.45, 7) is 0. The lowest BCUT2D eigenvalue weighted by Gasteiger charge is -2.11. The highest BCUT2D eigenvalue weighted by atomic mass is 16.3. The summed E-state index contributed by atoms with van der Waals surface area (Å²) in [5, 5.41) is 3.11. The summed E-state index contributed by atoms with van der Waals surface area (Å²) >= 11 is 0. The van der Waals surface area contributed by atoms with Crippen molar-refractivity contribution in [2.45, 2.75) is 0 Å². The van der Waals surface area contributed by atoms with Crippen molar-refractivity contribution < 1.29 is 18.1 Å². The van der Waals surface area contributed by atoms with Crippen LogP contribution in [0.5, 0.6) is 0 Å². The average Bonchev–Trinajstić information content (AvgIpc) is 3.73. The van der Waals surface area contributed by atoms with Crippen molar-refractivity contribution in [3.05, 3.63) is 145 Å². The third-order valence-corrected chi connectivity index (χ3v) is 7.65. The van der Waals surface area contributed by atoms with E-state index in [9.17, 15) is 0 Å². The van der Waals surface area contributed by atoms with Crippen molar-refractivity contribution in [3.63, 3.8) is 0 Å². The first-order valence-corrected chi connectivity index (χ1v) is 13.8. The molecule has 0 saturated carbocycles. The molecule has 0 saturated heterocycles. The number of para-hydroxylation sites is 2. The quantitative estimate of drug-likeness (QED) is 0.210. The number of fused-ring (bicyclic) bond motifs is 6. The highest BCUT2D eigenvalue weighted by Crippen LogP contribution is 2.38. The van der Waals surface area contributed by atoms with Gasteiger partial charge in [0.1, 0.15) is 11.2 Å². The summed E-state index contributed by atoms with van der Waals surface area (Å²) in [5.41, 5.74) is 3.13. The molecule has 5 nitrogen and oxygen atoms in total. The van der Waals surface area contributed by atoms with E-state index >= 15 is 0 Å². The van der Waals surface area contributed by atoms with Gasteiger partial charge in [-0.15, -0.1) is 0 Å². The summed E-state index contributed by atoms with van der Waals surface area (Å²) in [7, 11) is 0. The van der Waals surface area contributed by atoms with E-state index in [4.69, 9.17) is 33.1 Å². The van der Waals surface area contributed by atoms with Gasteiger partial charge < -0.3 is 4.42 Å². The van der Waals surface area contributed by atoms with Crippen molar-refractivity contribution in [1.29, 1.82) is 0 Å². The van der Waals surface area contributed by atoms with Gasteiger partial charge in [0.05, 0.1) is 24.7 Å². The fraction of sp³-hybridized carbons (Fsp3) is 0. The van der Waals surface area contributed by atoms with Crippen molar-refractivity contribution in [3.8, 4) is 39.9 Å². The SMILES string of the molecule is [2H]c1c([2H])c([2H])c(-c2ccc3c(c2)oc2cccc(-c4nc(-c5c([2H])c([2H])c([2H])c([2H])c5[2H])nc(-n5c6ccccc6c6ccccc65)n4)c23)c([2H])c1[2H]. The second-order valence-electron chi connectivity index (χ2n) is 10.1. The topological polar surface area (TPSA) is 56.7 Å². The number of furan rings is 1. The predicted molar refractivity (Wildman–Crippen MR) is 178 cm³/mol. The average molecular weight is 575 g/mol. The number of rotatable bonds is 4. The molecule has 0 amide bonds. The Bertz CT molecular complexity index is 2970. The highest BCUT2D eigenvalue weighted by Gasteiger charge is 2.20. The van der Waals surface area contributed by atoms with Crippen LogP contribution in [0.4, 0.5) is 0 Å². The first kappa shape index (κ1) is 16.5. The normalized spacial score (nSPS) is 14.8. The van der Waals surface area contributed by atoms with E-state index < -0.39 is 48.3 Å². The Morgan fingerprint density at radius 1 is 0.523 bits per heavy atom. The largest absolute Gasteiger partial charge is 0.456 e. The van der Waals surface area contributed by atoms with Crippen molar-refractivity contribution in [2.75, 3.05) is 0 Å². The minimum Gasteiger partial charge on any atom is -0.456 e. The van der Waals surface area contributed by atoms with Gasteiger partial charge in [0, 0.05) is 32.7 Å². The van der Waals surface area contributed by atoms with Crippen LogP contribution in [-0.2, 0) is 0 Å². The zero-order valence-electron chi connectivity index (χ0n) is 32.8. The Balaban J connectivity index is 1.34. The molecule has 0 radical (unpaired) electrons. The van der Waals surface area contributed by atoms with Crippen LogP contribution < -0.4 is 0 Å². The van der Waals surface area contributed by atoms with Gasteiger partial charge >= 0.3 is 0 Å². The Hall–Kier alpha value is -6.07. The Labute approximate surface area is 266 Å². The zero-order valence-corrected chi connectivity index (χ0v) is 22.8. The summed E-state index contributed by atoms with van der Waals surface area (Å²) in [6.07, 6.45) is 0. The van der Waals surface area contributed by atoms with E-state index in [1.807, 2.05) is 53.1 Å². The first-order chi connectivity index (χ1) is 26.0. The van der Waals surface area contributed by atoms with E-state index in [1.165, 1.54) is 0 Å². The Morgan fingerprint density at radius 3 is 1.91 bits per heavy atom. The number of nitrogens with zero attached hydrogens (tertiary/aromatic N) is 4. The van der Waals surface area contributed by atoms with Crippen molar-refractivity contribution in [1.82, 2.24) is 19.5 Å². The van der Waals surface area contributed by atoms with E-state index in [0.717, 1.165) is 21.8 Å². The van der Waals surface area contributed by atoms with Gasteiger partial charge in [-0.2, -0.15) is 9.97 Å². The lowest BCUT2D eigenvalue weighted by Crippen LogP contribution is -2.06. The third kappa shape index (κ3) is 3.83. The maximum atomic E-state index is 8.77. The van der Waals surface area contributed by atoms with Crippen LogP contribution in [0.15, 0.2) is 150 Å². The van der Waals surface area contributed by atoms with E-state index in [2.05, 4.69) is 0 Å². The zero-order chi connectivity index (χ0) is 37.7. The molecule has 0 fully saturated rings. The number of aromatic nitrogens is 4. The summed E-state index contributed by atoms with van der Waals surface area (Å²) in [4.78, 5) is 14.5. The number of benzene rings is 6. The second-order valence-corrected chi connectivity index (χ2v) is 10.1. The summed E-state index contributed by atoms with van der Waals surface area (Å²) < 4.78 is 91.9. The van der Waals surface area contributed by atoms with E-state index in [-0.39, 0.29) is 40.8 Å². The maximum Gasteiger partial charge on any atom is 0.238 e. The standard InChI is InChI=1S/C39H24N4O/c1-3-12-25(13-4-1)27-22-23-30-35(24-27)44-34-21-11-18-31(36(30)34)38-40-37(26-14-5-2-6-15-26)41-39(42-38)43-32-19-9-7-16-28(32)29-17-8-10-20-33(29)43/h1-24H/i1D,2D,3D,4D,5D,6D,12D,13D,14D,15D. The van der Waals surface area contributed by atoms with Gasteiger partial charge in [-0.05, 0) is 41.5 Å². The molecule has 0 aliphatic carbocycles. The maximum absolute atomic E-state index is 8.77. The van der Waals surface area contributed by atoms with Crippen LogP contribution in [0.2, 0.25) is 0 Å². The van der Waals surface area contributed by atoms with Crippen molar-refractivity contribution >= 4 is 43.7 Å². The van der Waals surface area contributed by atoms with Gasteiger partial charge in [-0.1, -0.05) is 115 Å². The lowest BCUT2D eigenvalue weighted by atomic mass is 10.0. The van der Waals surface area contributed by atoms with Gasteiger partial charge in [0.25, 0.3) is 0 Å². The molecule has 0 N–H and O–H groups in total. The molecule has 0 spiro atoms. The Kier molecular flexibility index (Phi) is 3.66. The molecule has 0 aliphatic rings. The van der Waals surface area contributed by atoms with Gasteiger partial charge in [-0.3, -0.25) is 4.57 Å². The van der Waals surface area contributed by atoms with Crippen molar-refractivity contribution in [2.24, 2.45) is 0 Å². The smallest absolute Gasteiger partial charge is 0.238 e. The van der Waals surface area contributed by atoms with Crippen LogP contribution in [0, 0.1) is 0 Å². The lowest BCUT2D eigenvalue weighted by molar-refractivity contribution is 0.669. The molecule has 9 rings (SSSR count). The fourth-order valence-corrected chi connectivity index (χ4v) is 5.76. The number of hydrogen-bond donors (Lipinski definition) is 0. The molecular weight excluding hydrogens is 540 g/mol. The molecule has 0 unspecified atom stereocenters.